The molecule has 0 aromatic heterocycles. The number of carbonyl (C=O) groups is 1. The molecule has 1 saturated heterocycles. The molecule has 5 heteroatoms. The molecule has 1 heterocycles. The van der Waals surface area contributed by atoms with Gasteiger partial charge in [-0.3, -0.25) is 9.69 Å². The van der Waals surface area contributed by atoms with Crippen LogP contribution in [0.15, 0.2) is 24.3 Å². The number of methoxy groups -OCH3 is 1. The number of carbonyl (C=O) groups excluding carboxylic acids is 1. The fraction of sp³-hybridized carbons (Fsp3) is 0.500. The van der Waals surface area contributed by atoms with Crippen LogP contribution in [0.1, 0.15) is 18.4 Å². The van der Waals surface area contributed by atoms with Gasteiger partial charge in [-0.2, -0.15) is 0 Å². The number of nitrogens with two attached hydrogens (primary N) is 1. The van der Waals surface area contributed by atoms with E-state index in [1.807, 2.05) is 6.07 Å². The molecule has 19 heavy (non-hydrogen) atoms. The summed E-state index contributed by atoms with van der Waals surface area (Å²) in [6, 6.07) is 6.57. The maximum absolute atomic E-state index is 13.1. The van der Waals surface area contributed by atoms with Gasteiger partial charge in [0.2, 0.25) is 0 Å². The Morgan fingerprint density at radius 2 is 2.16 bits per heavy atom. The van der Waals surface area contributed by atoms with Crippen molar-refractivity contribution in [2.24, 2.45) is 5.73 Å². The highest BCUT2D eigenvalue weighted by Gasteiger charge is 2.38. The number of piperidine rings is 1. The Morgan fingerprint density at radius 3 is 2.74 bits per heavy atom. The quantitative estimate of drug-likeness (QED) is 0.838. The molecule has 0 atom stereocenters. The van der Waals surface area contributed by atoms with Crippen LogP contribution in [0.5, 0.6) is 0 Å². The zero-order valence-electron chi connectivity index (χ0n) is 11.1. The molecule has 0 aliphatic carbocycles. The number of benzene rings is 1. The van der Waals surface area contributed by atoms with E-state index in [1.165, 1.54) is 19.2 Å². The summed E-state index contributed by atoms with van der Waals surface area (Å²) in [5, 5.41) is 0. The highest BCUT2D eigenvalue weighted by Crippen LogP contribution is 2.22. The molecular weight excluding hydrogens is 247 g/mol. The maximum Gasteiger partial charge on any atom is 0.325 e. The lowest BCUT2D eigenvalue weighted by molar-refractivity contribution is -0.149. The molecule has 1 aromatic carbocycles. The minimum atomic E-state index is -0.868. The summed E-state index contributed by atoms with van der Waals surface area (Å²) in [7, 11) is 1.36. The lowest BCUT2D eigenvalue weighted by atomic mass is 9.88. The molecule has 0 bridgehead atoms. The van der Waals surface area contributed by atoms with Gasteiger partial charge in [0, 0.05) is 19.6 Å². The molecule has 0 unspecified atom stereocenters. The number of rotatable bonds is 3. The van der Waals surface area contributed by atoms with Crippen molar-refractivity contribution in [3.05, 3.63) is 35.6 Å². The third-order valence-corrected chi connectivity index (χ3v) is 3.64. The first-order valence-electron chi connectivity index (χ1n) is 6.37. The Bertz CT molecular complexity index is 457. The van der Waals surface area contributed by atoms with Gasteiger partial charge >= 0.3 is 5.97 Å². The second kappa shape index (κ2) is 5.67. The van der Waals surface area contributed by atoms with Gasteiger partial charge in [0.25, 0.3) is 0 Å². The summed E-state index contributed by atoms with van der Waals surface area (Å²) in [6.45, 7) is 2.10. The standard InChI is InChI=1S/C14H19FN2O2/c1-19-13(18)14(16)5-7-17(8-6-14)10-11-3-2-4-12(15)9-11/h2-4,9H,5-8,10,16H2,1H3. The Labute approximate surface area is 112 Å². The van der Waals surface area contributed by atoms with Gasteiger partial charge in [-0.05, 0) is 30.5 Å². The van der Waals surface area contributed by atoms with Crippen molar-refractivity contribution >= 4 is 5.97 Å². The zero-order valence-corrected chi connectivity index (χ0v) is 11.1. The second-order valence-electron chi connectivity index (χ2n) is 5.05. The first-order valence-corrected chi connectivity index (χ1v) is 6.37. The van der Waals surface area contributed by atoms with E-state index in [4.69, 9.17) is 10.5 Å². The number of likely N-dealkylation sites (tertiary alicyclic amines) is 1. The van der Waals surface area contributed by atoms with Gasteiger partial charge < -0.3 is 10.5 Å². The molecular formula is C14H19FN2O2. The summed E-state index contributed by atoms with van der Waals surface area (Å²) in [6.07, 6.45) is 1.13. The van der Waals surface area contributed by atoms with Crippen LogP contribution in [0.3, 0.4) is 0 Å². The van der Waals surface area contributed by atoms with Crippen LogP contribution in [0.25, 0.3) is 0 Å². The lowest BCUT2D eigenvalue weighted by Crippen LogP contribution is -2.55. The van der Waals surface area contributed by atoms with Crippen LogP contribution in [0, 0.1) is 5.82 Å². The van der Waals surface area contributed by atoms with E-state index < -0.39 is 5.54 Å². The summed E-state index contributed by atoms with van der Waals surface area (Å²) in [5.41, 5.74) is 6.10. The molecule has 2 rings (SSSR count). The molecule has 1 aromatic rings. The topological polar surface area (TPSA) is 55.6 Å². The summed E-state index contributed by atoms with van der Waals surface area (Å²) >= 11 is 0. The van der Waals surface area contributed by atoms with Gasteiger partial charge in [-0.25, -0.2) is 4.39 Å². The van der Waals surface area contributed by atoms with Gasteiger partial charge in [0.1, 0.15) is 11.4 Å². The smallest absolute Gasteiger partial charge is 0.325 e. The van der Waals surface area contributed by atoms with Crippen LogP contribution in [-0.2, 0) is 16.1 Å². The molecule has 2 N–H and O–H groups in total. The van der Waals surface area contributed by atoms with Gasteiger partial charge in [-0.1, -0.05) is 12.1 Å². The monoisotopic (exact) mass is 266 g/mol. The highest BCUT2D eigenvalue weighted by molar-refractivity contribution is 5.80. The maximum atomic E-state index is 13.1. The summed E-state index contributed by atoms with van der Waals surface area (Å²) < 4.78 is 17.8. The van der Waals surface area contributed by atoms with Crippen molar-refractivity contribution in [2.45, 2.75) is 24.9 Å². The van der Waals surface area contributed by atoms with E-state index in [9.17, 15) is 9.18 Å². The van der Waals surface area contributed by atoms with Crippen LogP contribution < -0.4 is 5.73 Å². The number of hydrogen-bond donors (Lipinski definition) is 1. The van der Waals surface area contributed by atoms with Crippen molar-refractivity contribution in [3.63, 3.8) is 0 Å². The van der Waals surface area contributed by atoms with E-state index in [1.54, 1.807) is 6.07 Å². The lowest BCUT2D eigenvalue weighted by Gasteiger charge is -2.37. The molecule has 0 spiro atoms. The zero-order chi connectivity index (χ0) is 13.9. The van der Waals surface area contributed by atoms with E-state index in [0.29, 0.717) is 32.5 Å². The predicted molar refractivity (Wildman–Crippen MR) is 69.8 cm³/mol. The first-order chi connectivity index (χ1) is 9.03. The third kappa shape index (κ3) is 3.30. The SMILES string of the molecule is COC(=O)C1(N)CCN(Cc2cccc(F)c2)CC1. The fourth-order valence-electron chi connectivity index (χ4n) is 2.41. The van der Waals surface area contributed by atoms with Crippen molar-refractivity contribution < 1.29 is 13.9 Å². The van der Waals surface area contributed by atoms with Gasteiger partial charge in [-0.15, -0.1) is 0 Å². The molecule has 104 valence electrons. The number of hydrogen-bond acceptors (Lipinski definition) is 4. The first kappa shape index (κ1) is 14.0. The van der Waals surface area contributed by atoms with Crippen LogP contribution in [-0.4, -0.2) is 36.6 Å². The minimum Gasteiger partial charge on any atom is -0.468 e. The summed E-state index contributed by atoms with van der Waals surface area (Å²) in [5.74, 6) is -0.574. The van der Waals surface area contributed by atoms with Gasteiger partial charge in [0.05, 0.1) is 7.11 Å². The molecule has 0 radical (unpaired) electrons. The number of esters is 1. The molecule has 1 aliphatic heterocycles. The summed E-state index contributed by atoms with van der Waals surface area (Å²) in [4.78, 5) is 13.8. The minimum absolute atomic E-state index is 0.225. The van der Waals surface area contributed by atoms with Crippen LogP contribution >= 0.6 is 0 Å². The van der Waals surface area contributed by atoms with Crippen LogP contribution in [0.2, 0.25) is 0 Å². The number of nitrogens with zero attached hydrogens (tertiary/aromatic N) is 1. The number of halogens is 1. The molecule has 0 saturated carbocycles. The highest BCUT2D eigenvalue weighted by atomic mass is 19.1. The number of ether oxygens (including phenoxy) is 1. The Kier molecular flexibility index (Phi) is 4.17. The third-order valence-electron chi connectivity index (χ3n) is 3.64. The van der Waals surface area contributed by atoms with E-state index in [2.05, 4.69) is 4.90 Å². The van der Waals surface area contributed by atoms with Crippen molar-refractivity contribution in [1.82, 2.24) is 4.90 Å². The van der Waals surface area contributed by atoms with Crippen LogP contribution in [0.4, 0.5) is 4.39 Å². The Balaban J connectivity index is 1.92. The second-order valence-corrected chi connectivity index (χ2v) is 5.05. The fourth-order valence-corrected chi connectivity index (χ4v) is 2.41. The van der Waals surface area contributed by atoms with E-state index >= 15 is 0 Å². The Hall–Kier alpha value is -1.46. The average Bonchev–Trinajstić information content (AvgIpc) is 2.41. The molecule has 1 fully saturated rings. The predicted octanol–water partition coefficient (Wildman–Crippen LogP) is 1.29. The van der Waals surface area contributed by atoms with E-state index in [0.717, 1.165) is 5.56 Å². The van der Waals surface area contributed by atoms with Crippen molar-refractivity contribution in [2.75, 3.05) is 20.2 Å². The molecule has 0 amide bonds. The van der Waals surface area contributed by atoms with Gasteiger partial charge in [0.15, 0.2) is 0 Å². The molecule has 4 nitrogen and oxygen atoms in total. The largest absolute Gasteiger partial charge is 0.468 e. The molecule has 1 aliphatic rings. The average molecular weight is 266 g/mol. The van der Waals surface area contributed by atoms with Crippen molar-refractivity contribution in [1.29, 1.82) is 0 Å². The normalized spacial score (nSPS) is 19.1. The Morgan fingerprint density at radius 1 is 1.47 bits per heavy atom. The van der Waals surface area contributed by atoms with E-state index in [-0.39, 0.29) is 11.8 Å². The van der Waals surface area contributed by atoms with Crippen molar-refractivity contribution in [3.8, 4) is 0 Å².